The lowest BCUT2D eigenvalue weighted by Crippen LogP contribution is -2.19. The van der Waals surface area contributed by atoms with Crippen LogP contribution in [0.4, 0.5) is 16.2 Å². The van der Waals surface area contributed by atoms with Gasteiger partial charge in [0.25, 0.3) is 0 Å². The Balaban J connectivity index is 1.57. The highest BCUT2D eigenvalue weighted by Crippen LogP contribution is 2.33. The van der Waals surface area contributed by atoms with Crippen molar-refractivity contribution in [2.45, 2.75) is 0 Å². The van der Waals surface area contributed by atoms with E-state index in [0.29, 0.717) is 33.6 Å². The molecule has 0 saturated heterocycles. The van der Waals surface area contributed by atoms with E-state index in [2.05, 4.69) is 10.6 Å². The fourth-order valence-electron chi connectivity index (χ4n) is 3.44. The number of nitrogens with zero attached hydrogens (tertiary/aromatic N) is 1. The Morgan fingerprint density at radius 1 is 0.788 bits per heavy atom. The summed E-state index contributed by atoms with van der Waals surface area (Å²) in [7, 11) is 4.69. The van der Waals surface area contributed by atoms with E-state index < -0.39 is 6.03 Å². The van der Waals surface area contributed by atoms with Gasteiger partial charge >= 0.3 is 6.03 Å². The number of rotatable bonds is 6. The van der Waals surface area contributed by atoms with Crippen LogP contribution >= 0.6 is 11.6 Å². The van der Waals surface area contributed by atoms with Crippen molar-refractivity contribution in [3.05, 3.63) is 71.8 Å². The maximum Gasteiger partial charge on any atom is 0.323 e. The minimum Gasteiger partial charge on any atom is -0.496 e. The predicted octanol–water partition coefficient (Wildman–Crippen LogP) is 6.23. The van der Waals surface area contributed by atoms with E-state index in [-0.39, 0.29) is 0 Å². The molecule has 1 heterocycles. The second kappa shape index (κ2) is 9.67. The SMILES string of the molecule is COc1ccc(NC(=O)Nc2ccc3nc(-c4cccc(Cl)c4)cc(OC)c3c2)cc1OC. The summed E-state index contributed by atoms with van der Waals surface area (Å²) in [6.45, 7) is 0. The molecule has 33 heavy (non-hydrogen) atoms. The van der Waals surface area contributed by atoms with Crippen molar-refractivity contribution in [3.8, 4) is 28.5 Å². The molecule has 0 aliphatic carbocycles. The summed E-state index contributed by atoms with van der Waals surface area (Å²) in [6, 6.07) is 19.5. The molecule has 0 saturated carbocycles. The standard InChI is InChI=1S/C25H22ClN3O4/c1-31-22-10-8-18(13-24(22)33-3)28-25(30)27-17-7-9-20-19(12-17)23(32-2)14-21(29-20)15-5-4-6-16(26)11-15/h4-14H,1-3H3,(H2,27,28,30). The van der Waals surface area contributed by atoms with Gasteiger partial charge in [0.05, 0.1) is 32.5 Å². The highest BCUT2D eigenvalue weighted by molar-refractivity contribution is 6.30. The van der Waals surface area contributed by atoms with Gasteiger partial charge in [0.15, 0.2) is 11.5 Å². The number of urea groups is 1. The Labute approximate surface area is 196 Å². The fourth-order valence-corrected chi connectivity index (χ4v) is 3.63. The monoisotopic (exact) mass is 463 g/mol. The molecule has 0 radical (unpaired) electrons. The van der Waals surface area contributed by atoms with Gasteiger partial charge in [-0.25, -0.2) is 9.78 Å². The number of benzene rings is 3. The van der Waals surface area contributed by atoms with Crippen molar-refractivity contribution in [3.63, 3.8) is 0 Å². The molecule has 0 spiro atoms. The van der Waals surface area contributed by atoms with Crippen molar-refractivity contribution < 1.29 is 19.0 Å². The molecule has 3 aromatic carbocycles. The zero-order valence-corrected chi connectivity index (χ0v) is 19.1. The normalized spacial score (nSPS) is 10.5. The summed E-state index contributed by atoms with van der Waals surface area (Å²) in [5, 5.41) is 7.02. The van der Waals surface area contributed by atoms with Crippen molar-refractivity contribution in [1.29, 1.82) is 0 Å². The van der Waals surface area contributed by atoms with Gasteiger partial charge in [-0.2, -0.15) is 0 Å². The first kappa shape index (κ1) is 22.2. The average molecular weight is 464 g/mol. The van der Waals surface area contributed by atoms with Gasteiger partial charge in [-0.1, -0.05) is 23.7 Å². The van der Waals surface area contributed by atoms with E-state index >= 15 is 0 Å². The van der Waals surface area contributed by atoms with Crippen molar-refractivity contribution in [1.82, 2.24) is 4.98 Å². The van der Waals surface area contributed by atoms with Crippen LogP contribution < -0.4 is 24.8 Å². The number of pyridine rings is 1. The summed E-state index contributed by atoms with van der Waals surface area (Å²) in [6.07, 6.45) is 0. The molecule has 0 aliphatic heterocycles. The molecule has 0 bridgehead atoms. The Morgan fingerprint density at radius 2 is 1.48 bits per heavy atom. The largest absolute Gasteiger partial charge is 0.496 e. The quantitative estimate of drug-likeness (QED) is 0.354. The molecule has 7 nitrogen and oxygen atoms in total. The summed E-state index contributed by atoms with van der Waals surface area (Å²) < 4.78 is 16.1. The zero-order chi connectivity index (χ0) is 23.4. The number of carbonyl (C=O) groups is 1. The van der Waals surface area contributed by atoms with Gasteiger partial charge in [0.2, 0.25) is 0 Å². The van der Waals surface area contributed by atoms with Crippen molar-refractivity contribution >= 4 is 39.9 Å². The van der Waals surface area contributed by atoms with Crippen LogP contribution in [0.1, 0.15) is 0 Å². The van der Waals surface area contributed by atoms with E-state index in [4.69, 9.17) is 30.8 Å². The van der Waals surface area contributed by atoms with E-state index in [1.165, 1.54) is 7.11 Å². The Bertz CT molecular complexity index is 1330. The number of carbonyl (C=O) groups excluding carboxylic acids is 1. The maximum atomic E-state index is 12.5. The molecule has 0 unspecified atom stereocenters. The van der Waals surface area contributed by atoms with Gasteiger partial charge in [0.1, 0.15) is 5.75 Å². The Morgan fingerprint density at radius 3 is 2.18 bits per heavy atom. The summed E-state index contributed by atoms with van der Waals surface area (Å²) in [5.41, 5.74) is 3.52. The number of fused-ring (bicyclic) bond motifs is 1. The molecule has 2 N–H and O–H groups in total. The third-order valence-corrected chi connectivity index (χ3v) is 5.25. The number of ether oxygens (including phenoxy) is 3. The number of methoxy groups -OCH3 is 3. The topological polar surface area (TPSA) is 81.7 Å². The number of anilines is 2. The third-order valence-electron chi connectivity index (χ3n) is 5.01. The number of nitrogens with one attached hydrogen (secondary N) is 2. The van der Waals surface area contributed by atoms with Crippen LogP contribution in [0.25, 0.3) is 22.2 Å². The maximum absolute atomic E-state index is 12.5. The Hall–Kier alpha value is -3.97. The van der Waals surface area contributed by atoms with Crippen LogP contribution in [0.3, 0.4) is 0 Å². The van der Waals surface area contributed by atoms with Crippen LogP contribution in [-0.4, -0.2) is 32.3 Å². The van der Waals surface area contributed by atoms with Gasteiger partial charge in [-0.15, -0.1) is 0 Å². The van der Waals surface area contributed by atoms with Crippen LogP contribution in [0, 0.1) is 0 Å². The van der Waals surface area contributed by atoms with Gasteiger partial charge < -0.3 is 24.8 Å². The molecule has 168 valence electrons. The van der Waals surface area contributed by atoms with Crippen LogP contribution in [0.5, 0.6) is 17.2 Å². The average Bonchev–Trinajstić information content (AvgIpc) is 2.83. The van der Waals surface area contributed by atoms with Crippen molar-refractivity contribution in [2.75, 3.05) is 32.0 Å². The smallest absolute Gasteiger partial charge is 0.323 e. The van der Waals surface area contributed by atoms with Gasteiger partial charge in [-0.3, -0.25) is 0 Å². The molecule has 4 rings (SSSR count). The molecule has 4 aromatic rings. The molecule has 8 heteroatoms. The van der Waals surface area contributed by atoms with Gasteiger partial charge in [0, 0.05) is 39.5 Å². The second-order valence-electron chi connectivity index (χ2n) is 7.10. The summed E-state index contributed by atoms with van der Waals surface area (Å²) >= 11 is 6.13. The highest BCUT2D eigenvalue weighted by Gasteiger charge is 2.12. The first-order valence-electron chi connectivity index (χ1n) is 10.1. The molecule has 0 fully saturated rings. The number of amides is 2. The second-order valence-corrected chi connectivity index (χ2v) is 7.54. The van der Waals surface area contributed by atoms with Crippen LogP contribution in [-0.2, 0) is 0 Å². The summed E-state index contributed by atoms with van der Waals surface area (Å²) in [5.74, 6) is 1.74. The minimum absolute atomic E-state index is 0.399. The van der Waals surface area contributed by atoms with E-state index in [0.717, 1.165) is 22.2 Å². The highest BCUT2D eigenvalue weighted by atomic mass is 35.5. The molecule has 0 atom stereocenters. The zero-order valence-electron chi connectivity index (χ0n) is 18.3. The summed E-state index contributed by atoms with van der Waals surface area (Å²) in [4.78, 5) is 17.3. The van der Waals surface area contributed by atoms with Gasteiger partial charge in [-0.05, 0) is 42.5 Å². The van der Waals surface area contributed by atoms with E-state index in [1.807, 2.05) is 42.5 Å². The molecule has 0 aliphatic rings. The molecule has 2 amide bonds. The van der Waals surface area contributed by atoms with Crippen LogP contribution in [0.15, 0.2) is 66.7 Å². The number of hydrogen-bond acceptors (Lipinski definition) is 5. The van der Waals surface area contributed by atoms with Crippen LogP contribution in [0.2, 0.25) is 5.02 Å². The number of halogens is 1. The number of aromatic nitrogens is 1. The molecular formula is C25H22ClN3O4. The lowest BCUT2D eigenvalue weighted by molar-refractivity contribution is 0.262. The van der Waals surface area contributed by atoms with E-state index in [9.17, 15) is 4.79 Å². The first-order valence-corrected chi connectivity index (χ1v) is 10.4. The first-order chi connectivity index (χ1) is 16.0. The lowest BCUT2D eigenvalue weighted by atomic mass is 10.1. The van der Waals surface area contributed by atoms with E-state index in [1.54, 1.807) is 38.5 Å². The fraction of sp³-hybridized carbons (Fsp3) is 0.120. The minimum atomic E-state index is -0.399. The number of hydrogen-bond donors (Lipinski definition) is 2. The molecular weight excluding hydrogens is 442 g/mol. The lowest BCUT2D eigenvalue weighted by Gasteiger charge is -2.13. The molecule has 1 aromatic heterocycles. The third kappa shape index (κ3) is 4.94. The predicted molar refractivity (Wildman–Crippen MR) is 131 cm³/mol. The van der Waals surface area contributed by atoms with Crippen molar-refractivity contribution in [2.24, 2.45) is 0 Å². The Kier molecular flexibility index (Phi) is 6.51.